The number of benzene rings is 3. The molecular formula is C35H42O10. The summed E-state index contributed by atoms with van der Waals surface area (Å²) in [5, 5.41) is 9.43. The number of hydrogen-bond acceptors (Lipinski definition) is 10. The van der Waals surface area contributed by atoms with E-state index in [1.807, 2.05) is 72.8 Å². The Labute approximate surface area is 264 Å². The van der Waals surface area contributed by atoms with E-state index in [1.54, 1.807) is 21.3 Å². The van der Waals surface area contributed by atoms with Gasteiger partial charge in [0.25, 0.3) is 5.97 Å². The van der Waals surface area contributed by atoms with Gasteiger partial charge in [0.2, 0.25) is 0 Å². The first-order chi connectivity index (χ1) is 22.0. The molecule has 10 heteroatoms. The van der Waals surface area contributed by atoms with E-state index in [1.165, 1.54) is 0 Å². The fraction of sp³-hybridized carbons (Fsp3) is 0.486. The summed E-state index contributed by atoms with van der Waals surface area (Å²) in [7, 11) is 4.93. The summed E-state index contributed by atoms with van der Waals surface area (Å²) in [5.41, 5.74) is 2.97. The second kappa shape index (κ2) is 14.5. The van der Waals surface area contributed by atoms with E-state index >= 15 is 0 Å². The average molecular weight is 623 g/mol. The molecule has 4 aliphatic rings. The lowest BCUT2D eigenvalue weighted by Crippen LogP contribution is -2.79. The van der Waals surface area contributed by atoms with Gasteiger partial charge in [-0.05, 0) is 65.9 Å². The lowest BCUT2D eigenvalue weighted by atomic mass is 9.81. The molecule has 3 aliphatic heterocycles. The highest BCUT2D eigenvalue weighted by molar-refractivity contribution is 5.28. The lowest BCUT2D eigenvalue weighted by molar-refractivity contribution is -0.545. The molecule has 1 saturated carbocycles. The van der Waals surface area contributed by atoms with Gasteiger partial charge in [-0.2, -0.15) is 0 Å². The van der Waals surface area contributed by atoms with E-state index in [0.29, 0.717) is 39.1 Å². The van der Waals surface area contributed by atoms with Crippen LogP contribution in [0.25, 0.3) is 0 Å². The zero-order valence-corrected chi connectivity index (χ0v) is 26.0. The maximum absolute atomic E-state index is 9.43. The molecule has 7 rings (SSSR count). The van der Waals surface area contributed by atoms with E-state index in [9.17, 15) is 5.11 Å². The maximum Gasteiger partial charge on any atom is 0.284 e. The molecule has 3 aromatic carbocycles. The third-order valence-electron chi connectivity index (χ3n) is 8.59. The third-order valence-corrected chi connectivity index (χ3v) is 8.59. The molecule has 0 radical (unpaired) electrons. The van der Waals surface area contributed by atoms with Crippen molar-refractivity contribution in [2.24, 2.45) is 0 Å². The Hall–Kier alpha value is -3.22. The number of aliphatic hydroxyl groups excluding tert-OH is 1. The number of methoxy groups -OCH3 is 3. The molecule has 10 nitrogen and oxygen atoms in total. The monoisotopic (exact) mass is 622 g/mol. The summed E-state index contributed by atoms with van der Waals surface area (Å²) in [4.78, 5) is 0. The van der Waals surface area contributed by atoms with Crippen LogP contribution in [0.1, 0.15) is 36.0 Å². The van der Waals surface area contributed by atoms with Gasteiger partial charge in [0.1, 0.15) is 53.9 Å². The Morgan fingerprint density at radius 3 is 1.16 bits per heavy atom. The van der Waals surface area contributed by atoms with Crippen LogP contribution in [-0.4, -0.2) is 75.6 Å². The Kier molecular flexibility index (Phi) is 10.2. The summed E-state index contributed by atoms with van der Waals surface area (Å²) in [6.07, 6.45) is -1.09. The maximum atomic E-state index is 9.43. The van der Waals surface area contributed by atoms with Crippen molar-refractivity contribution >= 4 is 0 Å². The Morgan fingerprint density at radius 1 is 0.533 bits per heavy atom. The van der Waals surface area contributed by atoms with Crippen LogP contribution in [0.5, 0.6) is 17.2 Å². The van der Waals surface area contributed by atoms with Crippen molar-refractivity contribution in [3.8, 4) is 17.2 Å². The second-order valence-corrected chi connectivity index (χ2v) is 11.5. The number of aliphatic hydroxyl groups is 1. The first-order valence-corrected chi connectivity index (χ1v) is 15.4. The van der Waals surface area contributed by atoms with Gasteiger partial charge in [-0.25, -0.2) is 0 Å². The SMILES string of the molecule is COc1ccc(COC2C3OC4(CCCCO)OC2C(OCc2ccc(OC)cc2)C(O4)C3OCc2ccc(OC)cc2)cc1. The van der Waals surface area contributed by atoms with Crippen LogP contribution in [0.4, 0.5) is 0 Å². The van der Waals surface area contributed by atoms with Crippen LogP contribution in [0.2, 0.25) is 0 Å². The van der Waals surface area contributed by atoms with Gasteiger partial charge in [0, 0.05) is 13.0 Å². The van der Waals surface area contributed by atoms with Gasteiger partial charge in [0.15, 0.2) is 0 Å². The van der Waals surface area contributed by atoms with Crippen LogP contribution in [0, 0.1) is 0 Å². The molecular weight excluding hydrogens is 580 g/mol. The van der Waals surface area contributed by atoms with E-state index < -0.39 is 42.6 Å². The van der Waals surface area contributed by atoms with Crippen LogP contribution in [0.3, 0.4) is 0 Å². The molecule has 0 amide bonds. The normalized spacial score (nSPS) is 28.3. The minimum atomic E-state index is -1.25. The smallest absolute Gasteiger partial charge is 0.284 e. The van der Waals surface area contributed by atoms with Crippen LogP contribution >= 0.6 is 0 Å². The average Bonchev–Trinajstić information content (AvgIpc) is 3.08. The lowest BCUT2D eigenvalue weighted by Gasteiger charge is -2.63. The molecule has 0 aromatic heterocycles. The Balaban J connectivity index is 1.26. The summed E-state index contributed by atoms with van der Waals surface area (Å²) in [6, 6.07) is 23.3. The number of ether oxygens (including phenoxy) is 9. The number of rotatable bonds is 16. The van der Waals surface area contributed by atoms with E-state index in [0.717, 1.165) is 33.9 Å². The van der Waals surface area contributed by atoms with Gasteiger partial charge in [-0.1, -0.05) is 36.4 Å². The Bertz CT molecular complexity index is 1180. The van der Waals surface area contributed by atoms with Crippen LogP contribution < -0.4 is 14.2 Å². The predicted octanol–water partition coefficient (Wildman–Crippen LogP) is 4.78. The predicted molar refractivity (Wildman–Crippen MR) is 163 cm³/mol. The van der Waals surface area contributed by atoms with Crippen LogP contribution in [-0.2, 0) is 48.2 Å². The van der Waals surface area contributed by atoms with Crippen LogP contribution in [0.15, 0.2) is 72.8 Å². The quantitative estimate of drug-likeness (QED) is 0.225. The molecule has 45 heavy (non-hydrogen) atoms. The van der Waals surface area contributed by atoms with Crippen molar-refractivity contribution in [2.75, 3.05) is 27.9 Å². The zero-order valence-electron chi connectivity index (χ0n) is 26.0. The largest absolute Gasteiger partial charge is 0.497 e. The van der Waals surface area contributed by atoms with Gasteiger partial charge >= 0.3 is 0 Å². The zero-order chi connectivity index (χ0) is 31.2. The van der Waals surface area contributed by atoms with Gasteiger partial charge in [0.05, 0.1) is 41.2 Å². The molecule has 3 aromatic rings. The topological polar surface area (TPSA) is 103 Å². The molecule has 0 unspecified atom stereocenters. The first-order valence-electron chi connectivity index (χ1n) is 15.4. The molecule has 4 fully saturated rings. The van der Waals surface area contributed by atoms with E-state index in [-0.39, 0.29) is 6.61 Å². The number of hydrogen-bond donors (Lipinski definition) is 1. The van der Waals surface area contributed by atoms with Crippen molar-refractivity contribution in [3.05, 3.63) is 89.5 Å². The minimum absolute atomic E-state index is 0.0845. The van der Waals surface area contributed by atoms with Crippen molar-refractivity contribution in [1.82, 2.24) is 0 Å². The molecule has 1 aliphatic carbocycles. The summed E-state index contributed by atoms with van der Waals surface area (Å²) in [5.74, 6) is 1.08. The highest BCUT2D eigenvalue weighted by Gasteiger charge is 2.68. The third kappa shape index (κ3) is 7.12. The van der Waals surface area contributed by atoms with Gasteiger partial charge in [-0.15, -0.1) is 0 Å². The van der Waals surface area contributed by atoms with Crippen molar-refractivity contribution in [1.29, 1.82) is 0 Å². The number of unbranched alkanes of at least 4 members (excludes halogenated alkanes) is 1. The van der Waals surface area contributed by atoms with Crippen molar-refractivity contribution in [2.45, 2.75) is 81.7 Å². The highest BCUT2D eigenvalue weighted by atomic mass is 16.9. The standard InChI is InChI=1S/C35H42O10/c1-37-26-12-6-23(7-13-26)20-40-29-32-30(41-21-24-8-14-27(38-2)15-9-24)34-31(42-22-25-10-16-28(39-3)17-11-25)33(29)44-35(43-32,45-34)18-4-5-19-36/h6-17,29-34,36H,4-5,18-22H2,1-3H3. The molecule has 1 N–H and O–H groups in total. The van der Waals surface area contributed by atoms with Gasteiger partial charge in [-0.3, -0.25) is 0 Å². The Morgan fingerprint density at radius 2 is 0.867 bits per heavy atom. The molecule has 4 bridgehead atoms. The summed E-state index contributed by atoms with van der Waals surface area (Å²) >= 11 is 0. The van der Waals surface area contributed by atoms with Gasteiger partial charge < -0.3 is 47.7 Å². The van der Waals surface area contributed by atoms with E-state index in [4.69, 9.17) is 42.6 Å². The highest BCUT2D eigenvalue weighted by Crippen LogP contribution is 2.50. The molecule has 0 atom stereocenters. The van der Waals surface area contributed by atoms with E-state index in [2.05, 4.69) is 0 Å². The molecule has 3 heterocycles. The van der Waals surface area contributed by atoms with Crippen molar-refractivity contribution < 1.29 is 47.7 Å². The fourth-order valence-corrected chi connectivity index (χ4v) is 6.17. The fourth-order valence-electron chi connectivity index (χ4n) is 6.17. The molecule has 0 spiro atoms. The molecule has 242 valence electrons. The summed E-state index contributed by atoms with van der Waals surface area (Å²) in [6.45, 7) is 1.11. The first kappa shape index (κ1) is 31.7. The van der Waals surface area contributed by atoms with Crippen molar-refractivity contribution in [3.63, 3.8) is 0 Å². The summed E-state index contributed by atoms with van der Waals surface area (Å²) < 4.78 is 55.5. The minimum Gasteiger partial charge on any atom is -0.497 e. The second-order valence-electron chi connectivity index (χ2n) is 11.5. The molecule has 3 saturated heterocycles.